The van der Waals surface area contributed by atoms with E-state index in [2.05, 4.69) is 10.4 Å². The molecule has 3 aromatic rings. The molecule has 0 atom stereocenters. The number of aromatic nitrogens is 2. The molecule has 2 aromatic carbocycles. The Kier molecular flexibility index (Phi) is 6.58. The van der Waals surface area contributed by atoms with E-state index in [-0.39, 0.29) is 35.9 Å². The van der Waals surface area contributed by atoms with Crippen LogP contribution >= 0.6 is 0 Å². The smallest absolute Gasteiger partial charge is 0.242 e. The van der Waals surface area contributed by atoms with E-state index in [4.69, 9.17) is 0 Å². The maximum atomic E-state index is 14.2. The van der Waals surface area contributed by atoms with Gasteiger partial charge < -0.3 is 5.32 Å². The normalized spacial score (nSPS) is 11.6. The summed E-state index contributed by atoms with van der Waals surface area (Å²) in [4.78, 5) is 12.1. The fraction of sp³-hybridized carbons (Fsp3) is 0.200. The Morgan fingerprint density at radius 3 is 2.53 bits per heavy atom. The second-order valence-electron chi connectivity index (χ2n) is 6.55. The van der Waals surface area contributed by atoms with Crippen LogP contribution in [-0.2, 0) is 14.8 Å². The zero-order chi connectivity index (χ0) is 21.7. The topological polar surface area (TPSA) is 84.3 Å². The van der Waals surface area contributed by atoms with Gasteiger partial charge in [-0.3, -0.25) is 4.79 Å². The quantitative estimate of drug-likeness (QED) is 0.590. The molecule has 7 nitrogen and oxygen atoms in total. The summed E-state index contributed by atoms with van der Waals surface area (Å²) in [6.07, 6.45) is 3.44. The van der Waals surface area contributed by atoms with E-state index in [1.54, 1.807) is 18.3 Å². The van der Waals surface area contributed by atoms with Crippen molar-refractivity contribution in [2.45, 2.75) is 17.7 Å². The lowest BCUT2D eigenvalue weighted by Gasteiger charge is -2.17. The Balaban J connectivity index is 1.52. The lowest BCUT2D eigenvalue weighted by atomic mass is 10.2. The fourth-order valence-corrected chi connectivity index (χ4v) is 3.98. The van der Waals surface area contributed by atoms with Gasteiger partial charge in [0.1, 0.15) is 11.5 Å². The third-order valence-corrected chi connectivity index (χ3v) is 6.25. The van der Waals surface area contributed by atoms with Gasteiger partial charge in [0.25, 0.3) is 0 Å². The number of rotatable bonds is 8. The van der Waals surface area contributed by atoms with E-state index in [0.717, 1.165) is 16.4 Å². The second-order valence-corrected chi connectivity index (χ2v) is 8.59. The summed E-state index contributed by atoms with van der Waals surface area (Å²) in [6, 6.07) is 10.5. The van der Waals surface area contributed by atoms with Crippen molar-refractivity contribution in [3.8, 4) is 5.69 Å². The van der Waals surface area contributed by atoms with Crippen LogP contribution in [0.25, 0.3) is 5.69 Å². The molecule has 1 amide bonds. The molecule has 10 heteroatoms. The van der Waals surface area contributed by atoms with E-state index in [1.165, 1.54) is 42.2 Å². The van der Waals surface area contributed by atoms with Gasteiger partial charge in [0.2, 0.25) is 15.9 Å². The van der Waals surface area contributed by atoms with Crippen LogP contribution in [0, 0.1) is 11.6 Å². The van der Waals surface area contributed by atoms with Gasteiger partial charge >= 0.3 is 0 Å². The van der Waals surface area contributed by atoms with Gasteiger partial charge in [-0.1, -0.05) is 0 Å². The zero-order valence-corrected chi connectivity index (χ0v) is 16.9. The summed E-state index contributed by atoms with van der Waals surface area (Å²) >= 11 is 0. The number of halogens is 2. The van der Waals surface area contributed by atoms with Crippen molar-refractivity contribution in [1.29, 1.82) is 0 Å². The van der Waals surface area contributed by atoms with Crippen molar-refractivity contribution in [3.63, 3.8) is 0 Å². The summed E-state index contributed by atoms with van der Waals surface area (Å²) in [5.74, 6) is -1.43. The molecule has 0 spiro atoms. The Labute approximate surface area is 173 Å². The molecule has 0 saturated carbocycles. The third-order valence-electron chi connectivity index (χ3n) is 4.38. The average Bonchev–Trinajstić information content (AvgIpc) is 3.22. The first-order valence-electron chi connectivity index (χ1n) is 9.09. The molecule has 0 saturated heterocycles. The molecule has 0 radical (unpaired) electrons. The second kappa shape index (κ2) is 9.14. The maximum absolute atomic E-state index is 14.2. The summed E-state index contributed by atoms with van der Waals surface area (Å²) in [6.45, 7) is 0.0970. The Morgan fingerprint density at radius 2 is 1.90 bits per heavy atom. The SMILES string of the molecule is CN(CCCC(=O)Nc1ccc(-n2cccn2)c(F)c1)S(=O)(=O)c1ccc(F)cc1. The summed E-state index contributed by atoms with van der Waals surface area (Å²) in [5, 5.41) is 6.55. The molecule has 30 heavy (non-hydrogen) atoms. The number of anilines is 1. The number of benzene rings is 2. The van der Waals surface area contributed by atoms with Crippen LogP contribution in [-0.4, -0.2) is 42.0 Å². The largest absolute Gasteiger partial charge is 0.326 e. The highest BCUT2D eigenvalue weighted by molar-refractivity contribution is 7.89. The molecule has 0 aliphatic heterocycles. The minimum Gasteiger partial charge on any atom is -0.326 e. The first kappa shape index (κ1) is 21.6. The molecule has 0 bridgehead atoms. The van der Waals surface area contributed by atoms with Crippen LogP contribution in [0.15, 0.2) is 65.8 Å². The molecule has 0 aliphatic carbocycles. The molecular formula is C20H20F2N4O3S. The van der Waals surface area contributed by atoms with Crippen LogP contribution in [0.1, 0.15) is 12.8 Å². The van der Waals surface area contributed by atoms with Crippen LogP contribution < -0.4 is 5.32 Å². The first-order chi connectivity index (χ1) is 14.3. The van der Waals surface area contributed by atoms with Crippen molar-refractivity contribution in [1.82, 2.24) is 14.1 Å². The van der Waals surface area contributed by atoms with Gasteiger partial charge in [-0.25, -0.2) is 26.2 Å². The van der Waals surface area contributed by atoms with Crippen molar-refractivity contribution < 1.29 is 22.0 Å². The highest BCUT2D eigenvalue weighted by atomic mass is 32.2. The van der Waals surface area contributed by atoms with Crippen molar-refractivity contribution in [2.75, 3.05) is 18.9 Å². The van der Waals surface area contributed by atoms with Crippen LogP contribution in [0.2, 0.25) is 0 Å². The van der Waals surface area contributed by atoms with Gasteiger partial charge in [-0.05, 0) is 55.0 Å². The average molecular weight is 434 g/mol. The molecule has 3 rings (SSSR count). The molecule has 0 aliphatic rings. The zero-order valence-electron chi connectivity index (χ0n) is 16.1. The van der Waals surface area contributed by atoms with E-state index in [1.807, 2.05) is 0 Å². The molecule has 1 aromatic heterocycles. The highest BCUT2D eigenvalue weighted by Crippen LogP contribution is 2.18. The fourth-order valence-electron chi connectivity index (χ4n) is 2.77. The number of amides is 1. The monoisotopic (exact) mass is 434 g/mol. The van der Waals surface area contributed by atoms with E-state index in [9.17, 15) is 22.0 Å². The minimum absolute atomic E-state index is 0.0244. The summed E-state index contributed by atoms with van der Waals surface area (Å²) in [7, 11) is -2.38. The Bertz CT molecular complexity index is 1120. The van der Waals surface area contributed by atoms with Crippen molar-refractivity contribution in [2.24, 2.45) is 0 Å². The molecule has 0 unspecified atom stereocenters. The third kappa shape index (κ3) is 5.08. The number of nitrogens with zero attached hydrogens (tertiary/aromatic N) is 3. The first-order valence-corrected chi connectivity index (χ1v) is 10.5. The number of hydrogen-bond donors (Lipinski definition) is 1. The van der Waals surface area contributed by atoms with Crippen molar-refractivity contribution >= 4 is 21.6 Å². The summed E-state index contributed by atoms with van der Waals surface area (Å²) < 4.78 is 54.6. The molecule has 0 fully saturated rings. The van der Waals surface area contributed by atoms with Crippen LogP contribution in [0.3, 0.4) is 0 Å². The van der Waals surface area contributed by atoms with Gasteiger partial charge in [-0.2, -0.15) is 5.10 Å². The number of sulfonamides is 1. The standard InChI is InChI=1S/C20H20F2N4O3S/c1-25(30(28,29)17-8-5-15(21)6-9-17)12-2-4-20(27)24-16-7-10-19(18(22)14-16)26-13-3-11-23-26/h3,5-11,13-14H,2,4,12H2,1H3,(H,24,27). The Hall–Kier alpha value is -3.11. The van der Waals surface area contributed by atoms with E-state index >= 15 is 0 Å². The molecule has 1 N–H and O–H groups in total. The van der Waals surface area contributed by atoms with Gasteiger partial charge in [0.15, 0.2) is 5.82 Å². The van der Waals surface area contributed by atoms with Gasteiger partial charge in [0.05, 0.1) is 4.90 Å². The molecule has 1 heterocycles. The predicted molar refractivity (Wildman–Crippen MR) is 108 cm³/mol. The Morgan fingerprint density at radius 1 is 1.17 bits per heavy atom. The molecule has 158 valence electrons. The summed E-state index contributed by atoms with van der Waals surface area (Å²) in [5.41, 5.74) is 0.548. The molecular weight excluding hydrogens is 414 g/mol. The predicted octanol–water partition coefficient (Wildman–Crippen LogP) is 3.19. The maximum Gasteiger partial charge on any atom is 0.242 e. The van der Waals surface area contributed by atoms with Crippen molar-refractivity contribution in [3.05, 3.63) is 72.6 Å². The number of nitrogens with one attached hydrogen (secondary N) is 1. The van der Waals surface area contributed by atoms with Crippen LogP contribution in [0.4, 0.5) is 14.5 Å². The van der Waals surface area contributed by atoms with E-state index < -0.39 is 21.7 Å². The van der Waals surface area contributed by atoms with Gasteiger partial charge in [-0.15, -0.1) is 0 Å². The van der Waals surface area contributed by atoms with Gasteiger partial charge in [0, 0.05) is 38.1 Å². The van der Waals surface area contributed by atoms with E-state index in [0.29, 0.717) is 5.69 Å². The number of carbonyl (C=O) groups excluding carboxylic acids is 1. The lowest BCUT2D eigenvalue weighted by Crippen LogP contribution is -2.28. The number of hydrogen-bond acceptors (Lipinski definition) is 4. The highest BCUT2D eigenvalue weighted by Gasteiger charge is 2.20. The lowest BCUT2D eigenvalue weighted by molar-refractivity contribution is -0.116. The minimum atomic E-state index is -3.77. The number of carbonyl (C=O) groups is 1. The van der Waals surface area contributed by atoms with Crippen LogP contribution in [0.5, 0.6) is 0 Å².